The Balaban J connectivity index is 1.72. The van der Waals surface area contributed by atoms with Gasteiger partial charge >= 0.3 is 0 Å². The smallest absolute Gasteiger partial charge is 0.257 e. The summed E-state index contributed by atoms with van der Waals surface area (Å²) in [5.74, 6) is 5.54. The van der Waals surface area contributed by atoms with Gasteiger partial charge in [0.25, 0.3) is 5.91 Å². The Kier molecular flexibility index (Phi) is 4.00. The molecule has 0 radical (unpaired) electrons. The second kappa shape index (κ2) is 6.08. The fourth-order valence-electron chi connectivity index (χ4n) is 2.41. The molecule has 1 aromatic carbocycles. The number of nitrogens with zero attached hydrogens (tertiary/aromatic N) is 1. The number of amides is 1. The molecule has 0 saturated heterocycles. The van der Waals surface area contributed by atoms with Crippen LogP contribution in [-0.2, 0) is 12.8 Å². The molecule has 0 saturated carbocycles. The van der Waals surface area contributed by atoms with E-state index in [2.05, 4.69) is 28.2 Å². The molecule has 3 N–H and O–H groups in total. The van der Waals surface area contributed by atoms with Gasteiger partial charge in [0.1, 0.15) is 0 Å². The van der Waals surface area contributed by atoms with Crippen molar-refractivity contribution in [2.75, 3.05) is 11.9 Å². The molecule has 0 spiro atoms. The number of benzene rings is 1. The standard InChI is InChI=1S/C16H15N3OS/c17-8-2-5-14-10-18-16(21-14)19-15(20)13-7-6-11-3-1-4-12(11)9-13/h6-7,9-10H,1,3-4,8,17H2,(H,18,19,20). The van der Waals surface area contributed by atoms with Crippen molar-refractivity contribution >= 4 is 22.4 Å². The van der Waals surface area contributed by atoms with Crippen LogP contribution in [-0.4, -0.2) is 17.4 Å². The molecule has 0 unspecified atom stereocenters. The molecule has 21 heavy (non-hydrogen) atoms. The van der Waals surface area contributed by atoms with Gasteiger partial charge in [0.2, 0.25) is 0 Å². The van der Waals surface area contributed by atoms with Crippen LogP contribution >= 0.6 is 11.3 Å². The molecule has 0 aliphatic heterocycles. The maximum atomic E-state index is 12.2. The number of fused-ring (bicyclic) bond motifs is 1. The van der Waals surface area contributed by atoms with Crippen LogP contribution in [0.4, 0.5) is 5.13 Å². The van der Waals surface area contributed by atoms with E-state index in [1.165, 1.54) is 28.9 Å². The monoisotopic (exact) mass is 297 g/mol. The highest BCUT2D eigenvalue weighted by molar-refractivity contribution is 7.16. The van der Waals surface area contributed by atoms with E-state index in [9.17, 15) is 4.79 Å². The quantitative estimate of drug-likeness (QED) is 0.835. The highest BCUT2D eigenvalue weighted by atomic mass is 32.1. The summed E-state index contributed by atoms with van der Waals surface area (Å²) >= 11 is 1.35. The van der Waals surface area contributed by atoms with Crippen LogP contribution in [0, 0.1) is 11.8 Å². The molecule has 0 fully saturated rings. The molecule has 3 rings (SSSR count). The van der Waals surface area contributed by atoms with E-state index in [1.54, 1.807) is 6.20 Å². The third kappa shape index (κ3) is 3.13. The Hall–Kier alpha value is -2.16. The summed E-state index contributed by atoms with van der Waals surface area (Å²) in [4.78, 5) is 17.2. The summed E-state index contributed by atoms with van der Waals surface area (Å²) in [5.41, 5.74) is 8.66. The molecule has 2 aromatic rings. The van der Waals surface area contributed by atoms with Crippen molar-refractivity contribution in [1.82, 2.24) is 4.98 Å². The molecule has 1 amide bonds. The van der Waals surface area contributed by atoms with Gasteiger partial charge in [0.05, 0.1) is 17.6 Å². The first kappa shape index (κ1) is 13.8. The first-order valence-electron chi connectivity index (χ1n) is 6.84. The first-order chi connectivity index (χ1) is 10.3. The number of hydrogen-bond donors (Lipinski definition) is 2. The lowest BCUT2D eigenvalue weighted by Gasteiger charge is -2.04. The highest BCUT2D eigenvalue weighted by Gasteiger charge is 2.14. The Morgan fingerprint density at radius 3 is 3.10 bits per heavy atom. The second-order valence-electron chi connectivity index (χ2n) is 4.83. The molecule has 1 aliphatic carbocycles. The van der Waals surface area contributed by atoms with Crippen molar-refractivity contribution in [3.05, 3.63) is 46.0 Å². The predicted molar refractivity (Wildman–Crippen MR) is 84.5 cm³/mol. The van der Waals surface area contributed by atoms with Gasteiger partial charge in [-0.1, -0.05) is 29.2 Å². The van der Waals surface area contributed by atoms with Gasteiger partial charge in [0, 0.05) is 5.56 Å². The maximum Gasteiger partial charge on any atom is 0.257 e. The number of thiazole rings is 1. The van der Waals surface area contributed by atoms with Gasteiger partial charge in [-0.3, -0.25) is 10.1 Å². The van der Waals surface area contributed by atoms with E-state index >= 15 is 0 Å². The van der Waals surface area contributed by atoms with Gasteiger partial charge < -0.3 is 5.73 Å². The topological polar surface area (TPSA) is 68.0 Å². The number of aromatic nitrogens is 1. The Morgan fingerprint density at radius 2 is 2.24 bits per heavy atom. The van der Waals surface area contributed by atoms with Crippen LogP contribution in [0.15, 0.2) is 24.4 Å². The van der Waals surface area contributed by atoms with Gasteiger partial charge in [-0.2, -0.15) is 0 Å². The minimum atomic E-state index is -0.127. The Bertz CT molecular complexity index is 739. The number of aryl methyl sites for hydroxylation is 2. The minimum absolute atomic E-state index is 0.127. The summed E-state index contributed by atoms with van der Waals surface area (Å²) in [5, 5.41) is 3.37. The van der Waals surface area contributed by atoms with Crippen molar-refractivity contribution < 1.29 is 4.79 Å². The lowest BCUT2D eigenvalue weighted by molar-refractivity contribution is 0.102. The molecule has 4 nitrogen and oxygen atoms in total. The van der Waals surface area contributed by atoms with Crippen LogP contribution in [0.1, 0.15) is 32.8 Å². The lowest BCUT2D eigenvalue weighted by atomic mass is 10.1. The highest BCUT2D eigenvalue weighted by Crippen LogP contribution is 2.24. The van der Waals surface area contributed by atoms with E-state index in [1.807, 2.05) is 12.1 Å². The molecule has 0 bridgehead atoms. The molecule has 1 aromatic heterocycles. The predicted octanol–water partition coefficient (Wildman–Crippen LogP) is 2.19. The number of anilines is 1. The summed E-state index contributed by atoms with van der Waals surface area (Å²) < 4.78 is 0. The largest absolute Gasteiger partial charge is 0.320 e. The maximum absolute atomic E-state index is 12.2. The third-order valence-electron chi connectivity index (χ3n) is 3.40. The number of hydrogen-bond acceptors (Lipinski definition) is 4. The van der Waals surface area contributed by atoms with Crippen molar-refractivity contribution in [3.63, 3.8) is 0 Å². The minimum Gasteiger partial charge on any atom is -0.320 e. The van der Waals surface area contributed by atoms with Crippen LogP contribution in [0.3, 0.4) is 0 Å². The van der Waals surface area contributed by atoms with Crippen molar-refractivity contribution in [1.29, 1.82) is 0 Å². The van der Waals surface area contributed by atoms with Crippen LogP contribution < -0.4 is 11.1 Å². The SMILES string of the molecule is NCC#Cc1cnc(NC(=O)c2ccc3c(c2)CCC3)s1. The number of rotatable bonds is 2. The van der Waals surface area contributed by atoms with Gasteiger partial charge in [-0.05, 0) is 42.5 Å². The number of carbonyl (C=O) groups is 1. The van der Waals surface area contributed by atoms with Gasteiger partial charge in [-0.15, -0.1) is 0 Å². The van der Waals surface area contributed by atoms with Crippen molar-refractivity contribution in [2.45, 2.75) is 19.3 Å². The molecule has 106 valence electrons. The number of nitrogens with one attached hydrogen (secondary N) is 1. The molecule has 0 atom stereocenters. The summed E-state index contributed by atoms with van der Waals surface area (Å²) in [6.45, 7) is 0.314. The molecule has 1 heterocycles. The van der Waals surface area contributed by atoms with Crippen molar-refractivity contribution in [2.24, 2.45) is 5.73 Å². The Morgan fingerprint density at radius 1 is 1.38 bits per heavy atom. The average molecular weight is 297 g/mol. The summed E-state index contributed by atoms with van der Waals surface area (Å²) in [6.07, 6.45) is 5.00. The van der Waals surface area contributed by atoms with Gasteiger partial charge in [0.15, 0.2) is 5.13 Å². The molecular formula is C16H15N3OS. The number of nitrogens with two attached hydrogens (primary N) is 1. The van der Waals surface area contributed by atoms with E-state index in [4.69, 9.17) is 5.73 Å². The second-order valence-corrected chi connectivity index (χ2v) is 5.86. The zero-order chi connectivity index (χ0) is 14.7. The normalized spacial score (nSPS) is 12.4. The van der Waals surface area contributed by atoms with E-state index in [0.717, 1.165) is 17.7 Å². The van der Waals surface area contributed by atoms with Crippen LogP contribution in [0.25, 0.3) is 0 Å². The fourth-order valence-corrected chi connectivity index (χ4v) is 3.10. The zero-order valence-corrected chi connectivity index (χ0v) is 12.3. The van der Waals surface area contributed by atoms with Gasteiger partial charge in [-0.25, -0.2) is 4.98 Å². The Labute approximate surface area is 127 Å². The van der Waals surface area contributed by atoms with E-state index in [0.29, 0.717) is 17.2 Å². The first-order valence-corrected chi connectivity index (χ1v) is 7.66. The fraction of sp³-hybridized carbons (Fsp3) is 0.250. The third-order valence-corrected chi connectivity index (χ3v) is 4.23. The molecular weight excluding hydrogens is 282 g/mol. The van der Waals surface area contributed by atoms with E-state index < -0.39 is 0 Å². The van der Waals surface area contributed by atoms with Crippen LogP contribution in [0.2, 0.25) is 0 Å². The van der Waals surface area contributed by atoms with Crippen LogP contribution in [0.5, 0.6) is 0 Å². The number of carbonyl (C=O) groups excluding carboxylic acids is 1. The summed E-state index contributed by atoms with van der Waals surface area (Å²) in [6, 6.07) is 5.92. The molecule has 5 heteroatoms. The zero-order valence-electron chi connectivity index (χ0n) is 11.5. The van der Waals surface area contributed by atoms with E-state index in [-0.39, 0.29) is 5.91 Å². The lowest BCUT2D eigenvalue weighted by Crippen LogP contribution is -2.11. The summed E-state index contributed by atoms with van der Waals surface area (Å²) in [7, 11) is 0. The van der Waals surface area contributed by atoms with Crippen molar-refractivity contribution in [3.8, 4) is 11.8 Å². The molecule has 1 aliphatic rings. The average Bonchev–Trinajstić information content (AvgIpc) is 3.12.